The summed E-state index contributed by atoms with van der Waals surface area (Å²) in [5.41, 5.74) is 0. The predicted molar refractivity (Wildman–Crippen MR) is 62.5 cm³/mol. The fourth-order valence-corrected chi connectivity index (χ4v) is 1.06. The second kappa shape index (κ2) is 13.2. The normalized spacial score (nSPS) is 10.0. The molecular weight excluding hydrogens is 272 g/mol. The van der Waals surface area contributed by atoms with Crippen molar-refractivity contribution in [2.45, 2.75) is 46.3 Å². The van der Waals surface area contributed by atoms with Crippen LogP contribution in [0.4, 0.5) is 0 Å². The molecule has 0 fully saturated rings. The number of esters is 1. The molecule has 0 N–H and O–H groups in total. The number of carbonyl (C=O) groups excluding carboxylic acids is 2. The Morgan fingerprint density at radius 3 is 1.94 bits per heavy atom. The van der Waals surface area contributed by atoms with Crippen molar-refractivity contribution >= 4 is 11.8 Å². The molecule has 0 aromatic heterocycles. The van der Waals surface area contributed by atoms with Crippen LogP contribution in [0.1, 0.15) is 40.0 Å². The molecular formula is C12H22O5Ti. The summed E-state index contributed by atoms with van der Waals surface area (Å²) in [6.45, 7) is 6.46. The number of hydrogen-bond donors (Lipinski definition) is 0. The van der Waals surface area contributed by atoms with Gasteiger partial charge in [-0.1, -0.05) is 13.8 Å². The van der Waals surface area contributed by atoms with Crippen molar-refractivity contribution in [3.63, 3.8) is 0 Å². The van der Waals surface area contributed by atoms with Crippen LogP contribution in [0.2, 0.25) is 0 Å². The van der Waals surface area contributed by atoms with Gasteiger partial charge in [-0.2, -0.15) is 0 Å². The number of hydrogen-bond acceptors (Lipinski definition) is 5. The standard InChI is InChI=1S/C12H22O5.Ti/c1-4-6-15-12(16-7-5-2)9-17-11(14)8-10(3)13;/h12H,4-9H2,1-3H3;. The molecule has 0 aliphatic rings. The maximum atomic E-state index is 11.2. The first kappa shape index (κ1) is 20.1. The summed E-state index contributed by atoms with van der Waals surface area (Å²) in [6.07, 6.45) is 1.00. The van der Waals surface area contributed by atoms with Crippen molar-refractivity contribution in [2.24, 2.45) is 0 Å². The molecule has 0 rings (SSSR count). The topological polar surface area (TPSA) is 61.8 Å². The molecule has 0 aliphatic carbocycles. The zero-order valence-corrected chi connectivity index (χ0v) is 12.9. The molecule has 0 aromatic carbocycles. The molecule has 18 heavy (non-hydrogen) atoms. The van der Waals surface area contributed by atoms with Gasteiger partial charge in [0.1, 0.15) is 18.8 Å². The van der Waals surface area contributed by atoms with Crippen LogP contribution in [-0.4, -0.2) is 37.9 Å². The third kappa shape index (κ3) is 12.2. The van der Waals surface area contributed by atoms with Crippen molar-refractivity contribution in [2.75, 3.05) is 19.8 Å². The van der Waals surface area contributed by atoms with E-state index in [9.17, 15) is 9.59 Å². The fraction of sp³-hybridized carbons (Fsp3) is 0.833. The summed E-state index contributed by atoms with van der Waals surface area (Å²) in [4.78, 5) is 21.8. The minimum atomic E-state index is -0.539. The Hall–Kier alpha value is -0.226. The van der Waals surface area contributed by atoms with Gasteiger partial charge in [-0.15, -0.1) is 0 Å². The monoisotopic (exact) mass is 294 g/mol. The smallest absolute Gasteiger partial charge is 0.313 e. The molecule has 0 atom stereocenters. The Kier molecular flexibility index (Phi) is 14.8. The molecule has 0 aromatic rings. The maximum absolute atomic E-state index is 11.2. The average molecular weight is 294 g/mol. The van der Waals surface area contributed by atoms with Gasteiger partial charge in [0.2, 0.25) is 0 Å². The van der Waals surface area contributed by atoms with Crippen molar-refractivity contribution in [1.29, 1.82) is 0 Å². The first-order valence-electron chi connectivity index (χ1n) is 5.98. The minimum absolute atomic E-state index is 0. The van der Waals surface area contributed by atoms with Crippen molar-refractivity contribution < 1.29 is 45.5 Å². The van der Waals surface area contributed by atoms with E-state index in [-0.39, 0.29) is 40.5 Å². The number of carbonyl (C=O) groups is 2. The summed E-state index contributed by atoms with van der Waals surface area (Å²) < 4.78 is 15.6. The Balaban J connectivity index is 0. The van der Waals surface area contributed by atoms with Gasteiger partial charge in [0, 0.05) is 34.9 Å². The minimum Gasteiger partial charge on any atom is -0.460 e. The number of rotatable bonds is 10. The Morgan fingerprint density at radius 2 is 1.56 bits per heavy atom. The van der Waals surface area contributed by atoms with Crippen LogP contribution >= 0.6 is 0 Å². The molecule has 0 radical (unpaired) electrons. The summed E-state index contributed by atoms with van der Waals surface area (Å²) in [5.74, 6) is -0.752. The van der Waals surface area contributed by atoms with E-state index in [0.717, 1.165) is 12.8 Å². The SMILES string of the molecule is CCCOC(COC(=O)CC(C)=O)OCCC.[Ti]. The summed E-state index contributed by atoms with van der Waals surface area (Å²) >= 11 is 0. The van der Waals surface area contributed by atoms with Gasteiger partial charge in [0.25, 0.3) is 0 Å². The Bertz CT molecular complexity index is 225. The molecule has 0 saturated carbocycles. The van der Waals surface area contributed by atoms with Crippen LogP contribution in [0.15, 0.2) is 0 Å². The number of ketones is 1. The zero-order valence-electron chi connectivity index (χ0n) is 11.4. The summed E-state index contributed by atoms with van der Waals surface area (Å²) in [7, 11) is 0. The fourth-order valence-electron chi connectivity index (χ4n) is 1.06. The van der Waals surface area contributed by atoms with Gasteiger partial charge in [-0.3, -0.25) is 9.59 Å². The first-order valence-corrected chi connectivity index (χ1v) is 5.98. The molecule has 0 unspecified atom stereocenters. The molecule has 0 bridgehead atoms. The Morgan fingerprint density at radius 1 is 1.06 bits per heavy atom. The van der Waals surface area contributed by atoms with Gasteiger partial charge >= 0.3 is 5.97 Å². The zero-order chi connectivity index (χ0) is 13.1. The van der Waals surface area contributed by atoms with E-state index in [1.807, 2.05) is 13.8 Å². The van der Waals surface area contributed by atoms with E-state index < -0.39 is 12.3 Å². The summed E-state index contributed by atoms with van der Waals surface area (Å²) in [6, 6.07) is 0. The molecule has 6 heteroatoms. The second-order valence-corrected chi connectivity index (χ2v) is 3.73. The molecule has 0 heterocycles. The first-order chi connectivity index (χ1) is 8.10. The van der Waals surface area contributed by atoms with Crippen LogP contribution in [0.3, 0.4) is 0 Å². The van der Waals surface area contributed by atoms with E-state index in [4.69, 9.17) is 14.2 Å². The third-order valence-electron chi connectivity index (χ3n) is 1.79. The molecule has 5 nitrogen and oxygen atoms in total. The molecule has 0 saturated heterocycles. The Labute approximate surface area is 123 Å². The number of ether oxygens (including phenoxy) is 3. The van der Waals surface area contributed by atoms with E-state index in [2.05, 4.69) is 0 Å². The van der Waals surface area contributed by atoms with Gasteiger partial charge in [0.15, 0.2) is 6.29 Å². The van der Waals surface area contributed by atoms with E-state index in [0.29, 0.717) is 13.2 Å². The third-order valence-corrected chi connectivity index (χ3v) is 1.79. The average Bonchev–Trinajstić information content (AvgIpc) is 2.27. The van der Waals surface area contributed by atoms with Crippen molar-refractivity contribution in [1.82, 2.24) is 0 Å². The van der Waals surface area contributed by atoms with Crippen LogP contribution in [0.25, 0.3) is 0 Å². The van der Waals surface area contributed by atoms with Gasteiger partial charge in [-0.25, -0.2) is 0 Å². The van der Waals surface area contributed by atoms with E-state index in [1.165, 1.54) is 6.92 Å². The van der Waals surface area contributed by atoms with Gasteiger partial charge in [0.05, 0.1) is 0 Å². The number of Topliss-reactive ketones (excluding diaryl/α,β-unsaturated/α-hetero) is 1. The molecule has 0 aliphatic heterocycles. The van der Waals surface area contributed by atoms with Crippen LogP contribution in [0.5, 0.6) is 0 Å². The van der Waals surface area contributed by atoms with Gasteiger partial charge in [-0.05, 0) is 19.8 Å². The van der Waals surface area contributed by atoms with E-state index in [1.54, 1.807) is 0 Å². The molecule has 104 valence electrons. The van der Waals surface area contributed by atoms with Gasteiger partial charge < -0.3 is 14.2 Å². The quantitative estimate of drug-likeness (QED) is 0.265. The van der Waals surface area contributed by atoms with Crippen LogP contribution in [-0.2, 0) is 45.5 Å². The maximum Gasteiger partial charge on any atom is 0.313 e. The summed E-state index contributed by atoms with van der Waals surface area (Å²) in [5, 5.41) is 0. The van der Waals surface area contributed by atoms with Crippen LogP contribution < -0.4 is 0 Å². The largest absolute Gasteiger partial charge is 0.460 e. The second-order valence-electron chi connectivity index (χ2n) is 3.73. The molecule has 0 amide bonds. The van der Waals surface area contributed by atoms with Crippen molar-refractivity contribution in [3.05, 3.63) is 0 Å². The molecule has 0 spiro atoms. The van der Waals surface area contributed by atoms with Crippen LogP contribution in [0, 0.1) is 0 Å². The van der Waals surface area contributed by atoms with Crippen molar-refractivity contribution in [3.8, 4) is 0 Å². The predicted octanol–water partition coefficient (Wildman–Crippen LogP) is 1.69. The van der Waals surface area contributed by atoms with E-state index >= 15 is 0 Å².